The summed E-state index contributed by atoms with van der Waals surface area (Å²) in [4.78, 5) is 24.2. The third-order valence-electron chi connectivity index (χ3n) is 3.17. The summed E-state index contributed by atoms with van der Waals surface area (Å²) >= 11 is 0. The van der Waals surface area contributed by atoms with Crippen molar-refractivity contribution in [1.29, 1.82) is 0 Å². The maximum absolute atomic E-state index is 11.7. The minimum absolute atomic E-state index is 0.0928. The zero-order chi connectivity index (χ0) is 10.3. The van der Waals surface area contributed by atoms with Gasteiger partial charge in [-0.2, -0.15) is 0 Å². The van der Waals surface area contributed by atoms with Crippen molar-refractivity contribution in [3.05, 3.63) is 0 Å². The molecule has 2 rings (SSSR count). The minimum atomic E-state index is -0.774. The summed E-state index contributed by atoms with van der Waals surface area (Å²) in [6.07, 6.45) is 1.98. The molecule has 0 spiro atoms. The Kier molecular flexibility index (Phi) is 2.21. The molecule has 0 aromatic carbocycles. The molecule has 1 heterocycles. The highest BCUT2D eigenvalue weighted by atomic mass is 16.4. The minimum Gasteiger partial charge on any atom is -0.481 e. The maximum Gasteiger partial charge on any atom is 0.308 e. The lowest BCUT2D eigenvalue weighted by Gasteiger charge is -2.14. The Hall–Kier alpha value is -1.06. The van der Waals surface area contributed by atoms with Crippen molar-refractivity contribution in [3.63, 3.8) is 0 Å². The van der Waals surface area contributed by atoms with E-state index in [4.69, 9.17) is 5.11 Å². The number of carbonyl (C=O) groups excluding carboxylic acids is 1. The van der Waals surface area contributed by atoms with Crippen molar-refractivity contribution in [2.24, 2.45) is 17.8 Å². The van der Waals surface area contributed by atoms with Gasteiger partial charge in [0, 0.05) is 19.0 Å². The Morgan fingerprint density at radius 2 is 1.93 bits per heavy atom. The summed E-state index contributed by atoms with van der Waals surface area (Å²) in [6.45, 7) is 2.93. The number of likely N-dealkylation sites (tertiary alicyclic amines) is 1. The van der Waals surface area contributed by atoms with E-state index in [2.05, 4.69) is 0 Å². The first-order valence-corrected chi connectivity index (χ1v) is 5.11. The molecule has 0 aromatic heterocycles. The molecule has 2 atom stereocenters. The molecule has 2 unspecified atom stereocenters. The predicted molar refractivity (Wildman–Crippen MR) is 49.6 cm³/mol. The number of carboxylic acid groups (broad SMARTS) is 1. The number of hydrogen-bond donors (Lipinski definition) is 1. The highest BCUT2D eigenvalue weighted by Crippen LogP contribution is 2.34. The van der Waals surface area contributed by atoms with Gasteiger partial charge in [-0.3, -0.25) is 9.59 Å². The average molecular weight is 197 g/mol. The Morgan fingerprint density at radius 1 is 1.29 bits per heavy atom. The lowest BCUT2D eigenvalue weighted by atomic mass is 9.99. The number of nitrogens with zero attached hydrogens (tertiary/aromatic N) is 1. The second-order valence-corrected chi connectivity index (χ2v) is 4.44. The molecule has 2 aliphatic rings. The first kappa shape index (κ1) is 9.49. The second kappa shape index (κ2) is 3.26. The number of amides is 1. The van der Waals surface area contributed by atoms with Gasteiger partial charge in [-0.25, -0.2) is 0 Å². The molecule has 1 N–H and O–H groups in total. The van der Waals surface area contributed by atoms with E-state index in [9.17, 15) is 9.59 Å². The van der Waals surface area contributed by atoms with E-state index < -0.39 is 5.97 Å². The summed E-state index contributed by atoms with van der Waals surface area (Å²) in [5.41, 5.74) is 0. The van der Waals surface area contributed by atoms with Gasteiger partial charge in [0.15, 0.2) is 0 Å². The topological polar surface area (TPSA) is 57.6 Å². The van der Waals surface area contributed by atoms with Crippen LogP contribution in [0.3, 0.4) is 0 Å². The van der Waals surface area contributed by atoms with Gasteiger partial charge in [0.25, 0.3) is 0 Å². The summed E-state index contributed by atoms with van der Waals surface area (Å²) in [5.74, 6) is -0.674. The monoisotopic (exact) mass is 197 g/mol. The smallest absolute Gasteiger partial charge is 0.308 e. The maximum atomic E-state index is 11.7. The van der Waals surface area contributed by atoms with Gasteiger partial charge in [-0.15, -0.1) is 0 Å². The van der Waals surface area contributed by atoms with Crippen LogP contribution < -0.4 is 0 Å². The summed E-state index contributed by atoms with van der Waals surface area (Å²) in [6, 6.07) is 0. The van der Waals surface area contributed by atoms with Gasteiger partial charge in [0.1, 0.15) is 0 Å². The van der Waals surface area contributed by atoms with E-state index in [1.807, 2.05) is 6.92 Å². The molecular formula is C10H15NO3. The van der Waals surface area contributed by atoms with Crippen LogP contribution in [0.4, 0.5) is 0 Å². The molecule has 0 aromatic rings. The third-order valence-corrected chi connectivity index (χ3v) is 3.17. The third kappa shape index (κ3) is 1.61. The number of carboxylic acids is 1. The highest BCUT2D eigenvalue weighted by molar-refractivity contribution is 5.82. The Morgan fingerprint density at radius 3 is 2.36 bits per heavy atom. The Balaban J connectivity index is 1.97. The number of rotatable bonds is 2. The first-order valence-electron chi connectivity index (χ1n) is 5.11. The lowest BCUT2D eigenvalue weighted by molar-refractivity contribution is -0.142. The van der Waals surface area contributed by atoms with Crippen molar-refractivity contribution < 1.29 is 14.7 Å². The summed E-state index contributed by atoms with van der Waals surface area (Å²) < 4.78 is 0. The lowest BCUT2D eigenvalue weighted by Crippen LogP contribution is -2.31. The van der Waals surface area contributed by atoms with Crippen LogP contribution in [0.5, 0.6) is 0 Å². The molecule has 1 saturated carbocycles. The van der Waals surface area contributed by atoms with Crippen molar-refractivity contribution in [2.75, 3.05) is 13.1 Å². The Labute approximate surface area is 82.9 Å². The van der Waals surface area contributed by atoms with E-state index in [1.165, 1.54) is 0 Å². The van der Waals surface area contributed by atoms with Crippen LogP contribution >= 0.6 is 0 Å². The largest absolute Gasteiger partial charge is 0.481 e. The Bertz CT molecular complexity index is 273. The number of hydrogen-bond acceptors (Lipinski definition) is 2. The highest BCUT2D eigenvalue weighted by Gasteiger charge is 2.41. The molecule has 0 radical (unpaired) electrons. The van der Waals surface area contributed by atoms with Gasteiger partial charge < -0.3 is 10.0 Å². The molecule has 78 valence electrons. The van der Waals surface area contributed by atoms with Gasteiger partial charge >= 0.3 is 5.97 Å². The molecule has 1 aliphatic carbocycles. The molecular weight excluding hydrogens is 182 g/mol. The van der Waals surface area contributed by atoms with E-state index in [0.717, 1.165) is 12.8 Å². The molecule has 1 amide bonds. The zero-order valence-corrected chi connectivity index (χ0v) is 8.27. The van der Waals surface area contributed by atoms with Crippen LogP contribution in [0.25, 0.3) is 0 Å². The summed E-state index contributed by atoms with van der Waals surface area (Å²) in [5, 5.41) is 8.90. The molecule has 1 saturated heterocycles. The van der Waals surface area contributed by atoms with Crippen molar-refractivity contribution >= 4 is 11.9 Å². The normalized spacial score (nSPS) is 31.9. The molecule has 4 heteroatoms. The fraction of sp³-hybridized carbons (Fsp3) is 0.800. The molecule has 4 nitrogen and oxygen atoms in total. The van der Waals surface area contributed by atoms with Crippen LogP contribution in [0.1, 0.15) is 19.8 Å². The summed E-state index contributed by atoms with van der Waals surface area (Å²) in [7, 11) is 0. The quantitative estimate of drug-likeness (QED) is 0.704. The second-order valence-electron chi connectivity index (χ2n) is 4.44. The van der Waals surface area contributed by atoms with Gasteiger partial charge in [0.05, 0.1) is 5.92 Å². The molecule has 1 aliphatic heterocycles. The molecule has 14 heavy (non-hydrogen) atoms. The first-order chi connectivity index (χ1) is 6.59. The van der Waals surface area contributed by atoms with Gasteiger partial charge in [0.2, 0.25) is 5.91 Å². The van der Waals surface area contributed by atoms with E-state index in [-0.39, 0.29) is 23.7 Å². The fourth-order valence-corrected chi connectivity index (χ4v) is 2.06. The number of carbonyl (C=O) groups is 2. The van der Waals surface area contributed by atoms with Crippen molar-refractivity contribution in [1.82, 2.24) is 4.90 Å². The van der Waals surface area contributed by atoms with Crippen LogP contribution in [-0.2, 0) is 9.59 Å². The molecule has 0 bridgehead atoms. The van der Waals surface area contributed by atoms with Gasteiger partial charge in [-0.05, 0) is 18.8 Å². The zero-order valence-electron chi connectivity index (χ0n) is 8.27. The SMILES string of the molecule is CC1CN(C(=O)C2CC2)CC1C(=O)O. The van der Waals surface area contributed by atoms with E-state index in [1.54, 1.807) is 4.90 Å². The predicted octanol–water partition coefficient (Wildman–Crippen LogP) is 0.575. The average Bonchev–Trinajstić information content (AvgIpc) is 2.88. The van der Waals surface area contributed by atoms with E-state index in [0.29, 0.717) is 13.1 Å². The molecule has 2 fully saturated rings. The fourth-order valence-electron chi connectivity index (χ4n) is 2.06. The standard InChI is InChI=1S/C10H15NO3/c1-6-4-11(5-8(6)10(13)14)9(12)7-2-3-7/h6-8H,2-5H2,1H3,(H,13,14). The van der Waals surface area contributed by atoms with Crippen LogP contribution in [-0.4, -0.2) is 35.0 Å². The van der Waals surface area contributed by atoms with Crippen LogP contribution in [0.15, 0.2) is 0 Å². The van der Waals surface area contributed by atoms with E-state index >= 15 is 0 Å². The van der Waals surface area contributed by atoms with Crippen molar-refractivity contribution in [2.45, 2.75) is 19.8 Å². The number of aliphatic carboxylic acids is 1. The van der Waals surface area contributed by atoms with Gasteiger partial charge in [-0.1, -0.05) is 6.92 Å². The van der Waals surface area contributed by atoms with Crippen LogP contribution in [0.2, 0.25) is 0 Å². The van der Waals surface area contributed by atoms with Crippen molar-refractivity contribution in [3.8, 4) is 0 Å². The van der Waals surface area contributed by atoms with Crippen LogP contribution in [0, 0.1) is 17.8 Å².